The van der Waals surface area contributed by atoms with Crippen molar-refractivity contribution in [3.05, 3.63) is 27.4 Å². The SMILES string of the molecule is Cc1c(C(F)(F)F)n2c(nc1=O)CCO2. The normalized spacial score (nSPS) is 14.9. The second-order valence-corrected chi connectivity index (χ2v) is 3.18. The van der Waals surface area contributed by atoms with E-state index in [1.165, 1.54) is 0 Å². The Kier molecular flexibility index (Phi) is 1.99. The van der Waals surface area contributed by atoms with Crippen LogP contribution in [-0.2, 0) is 12.6 Å². The minimum atomic E-state index is -4.61. The predicted molar refractivity (Wildman–Crippen MR) is 43.4 cm³/mol. The number of fused-ring (bicyclic) bond motifs is 1. The van der Waals surface area contributed by atoms with Crippen LogP contribution < -0.4 is 10.4 Å². The molecule has 0 unspecified atom stereocenters. The molecule has 0 aliphatic carbocycles. The Labute approximate surface area is 82.3 Å². The van der Waals surface area contributed by atoms with Gasteiger partial charge < -0.3 is 4.84 Å². The van der Waals surface area contributed by atoms with Crippen molar-refractivity contribution >= 4 is 0 Å². The van der Waals surface area contributed by atoms with Crippen LogP contribution in [0, 0.1) is 6.92 Å². The van der Waals surface area contributed by atoms with Crippen molar-refractivity contribution in [3.63, 3.8) is 0 Å². The van der Waals surface area contributed by atoms with Gasteiger partial charge in [-0.2, -0.15) is 22.9 Å². The molecule has 0 bridgehead atoms. The average molecular weight is 220 g/mol. The molecule has 0 radical (unpaired) electrons. The van der Waals surface area contributed by atoms with Crippen LogP contribution in [0.25, 0.3) is 0 Å². The van der Waals surface area contributed by atoms with Crippen molar-refractivity contribution < 1.29 is 18.0 Å². The van der Waals surface area contributed by atoms with E-state index in [2.05, 4.69) is 4.98 Å². The number of alkyl halides is 3. The largest absolute Gasteiger partial charge is 0.435 e. The Morgan fingerprint density at radius 3 is 2.73 bits per heavy atom. The molecule has 0 fully saturated rings. The van der Waals surface area contributed by atoms with E-state index in [-0.39, 0.29) is 18.9 Å². The zero-order valence-electron chi connectivity index (χ0n) is 7.76. The van der Waals surface area contributed by atoms with Gasteiger partial charge in [0.05, 0.1) is 0 Å². The van der Waals surface area contributed by atoms with Crippen molar-refractivity contribution in [2.24, 2.45) is 0 Å². The fourth-order valence-corrected chi connectivity index (χ4v) is 1.48. The highest BCUT2D eigenvalue weighted by molar-refractivity contribution is 5.21. The summed E-state index contributed by atoms with van der Waals surface area (Å²) in [6, 6.07) is 0. The van der Waals surface area contributed by atoms with Crippen LogP contribution in [0.5, 0.6) is 0 Å². The van der Waals surface area contributed by atoms with Crippen LogP contribution in [0.4, 0.5) is 13.2 Å². The number of hydrogen-bond acceptors (Lipinski definition) is 3. The average Bonchev–Trinajstić information content (AvgIpc) is 2.50. The second kappa shape index (κ2) is 2.98. The van der Waals surface area contributed by atoms with E-state index in [4.69, 9.17) is 4.84 Å². The van der Waals surface area contributed by atoms with Gasteiger partial charge in [-0.1, -0.05) is 0 Å². The molecular weight excluding hydrogens is 213 g/mol. The van der Waals surface area contributed by atoms with Crippen LogP contribution in [-0.4, -0.2) is 16.3 Å². The summed E-state index contributed by atoms with van der Waals surface area (Å²) in [5, 5.41) is 0. The Bertz CT molecular complexity index is 464. The molecule has 7 heteroatoms. The van der Waals surface area contributed by atoms with E-state index in [0.29, 0.717) is 4.73 Å². The van der Waals surface area contributed by atoms with Gasteiger partial charge in [-0.3, -0.25) is 4.79 Å². The molecule has 0 saturated heterocycles. The first-order valence-corrected chi connectivity index (χ1v) is 4.24. The number of aromatic nitrogens is 2. The van der Waals surface area contributed by atoms with Crippen molar-refractivity contribution in [3.8, 4) is 0 Å². The monoisotopic (exact) mass is 220 g/mol. The van der Waals surface area contributed by atoms with Gasteiger partial charge in [0.1, 0.15) is 6.61 Å². The minimum absolute atomic E-state index is 0.0259. The third-order valence-electron chi connectivity index (χ3n) is 2.16. The maximum Gasteiger partial charge on any atom is 0.435 e. The molecule has 0 spiro atoms. The highest BCUT2D eigenvalue weighted by Gasteiger charge is 2.40. The second-order valence-electron chi connectivity index (χ2n) is 3.18. The van der Waals surface area contributed by atoms with E-state index in [9.17, 15) is 18.0 Å². The van der Waals surface area contributed by atoms with E-state index >= 15 is 0 Å². The van der Waals surface area contributed by atoms with Gasteiger partial charge in [-0.15, -0.1) is 0 Å². The van der Waals surface area contributed by atoms with Crippen LogP contribution in [0.1, 0.15) is 17.1 Å². The Morgan fingerprint density at radius 2 is 2.13 bits per heavy atom. The molecule has 0 saturated carbocycles. The first-order valence-electron chi connectivity index (χ1n) is 4.24. The van der Waals surface area contributed by atoms with Crippen molar-refractivity contribution in [1.29, 1.82) is 0 Å². The fourth-order valence-electron chi connectivity index (χ4n) is 1.48. The smallest absolute Gasteiger partial charge is 0.412 e. The minimum Gasteiger partial charge on any atom is -0.412 e. The van der Waals surface area contributed by atoms with Gasteiger partial charge in [-0.05, 0) is 6.92 Å². The van der Waals surface area contributed by atoms with E-state index < -0.39 is 23.0 Å². The van der Waals surface area contributed by atoms with E-state index in [0.717, 1.165) is 6.92 Å². The fraction of sp³-hybridized carbons (Fsp3) is 0.500. The standard InChI is InChI=1S/C8H7F3N2O2/c1-4-6(8(9,10)11)13-5(2-3-15-13)12-7(4)14/h2-3H2,1H3. The molecule has 2 rings (SSSR count). The number of nitrogens with zero attached hydrogens (tertiary/aromatic N) is 2. The summed E-state index contributed by atoms with van der Waals surface area (Å²) in [6.45, 7) is 1.20. The predicted octanol–water partition coefficient (Wildman–Crippen LogP) is 0.555. The lowest BCUT2D eigenvalue weighted by molar-refractivity contribution is -0.152. The van der Waals surface area contributed by atoms with Crippen LogP contribution in [0.15, 0.2) is 4.79 Å². The Hall–Kier alpha value is -1.53. The van der Waals surface area contributed by atoms with Gasteiger partial charge in [0.15, 0.2) is 11.5 Å². The van der Waals surface area contributed by atoms with Crippen LogP contribution in [0.3, 0.4) is 0 Å². The number of hydrogen-bond donors (Lipinski definition) is 0. The highest BCUT2D eigenvalue weighted by Crippen LogP contribution is 2.31. The lowest BCUT2D eigenvalue weighted by Gasteiger charge is -2.14. The molecule has 0 N–H and O–H groups in total. The maximum absolute atomic E-state index is 12.6. The highest BCUT2D eigenvalue weighted by atomic mass is 19.4. The Balaban J connectivity index is 2.77. The van der Waals surface area contributed by atoms with Crippen LogP contribution >= 0.6 is 0 Å². The van der Waals surface area contributed by atoms with Gasteiger partial charge in [0.25, 0.3) is 5.56 Å². The number of rotatable bonds is 0. The summed E-state index contributed by atoms with van der Waals surface area (Å²) in [7, 11) is 0. The molecule has 0 amide bonds. The molecule has 0 aromatic carbocycles. The lowest BCUT2D eigenvalue weighted by Crippen LogP contribution is -2.28. The molecule has 1 aliphatic rings. The Morgan fingerprint density at radius 1 is 1.47 bits per heavy atom. The summed E-state index contributed by atoms with van der Waals surface area (Å²) >= 11 is 0. The zero-order chi connectivity index (χ0) is 11.2. The lowest BCUT2D eigenvalue weighted by atomic mass is 10.2. The third-order valence-corrected chi connectivity index (χ3v) is 2.16. The summed E-state index contributed by atoms with van der Waals surface area (Å²) in [4.78, 5) is 19.5. The molecule has 1 aromatic rings. The summed E-state index contributed by atoms with van der Waals surface area (Å²) in [5.41, 5.74) is -2.35. The summed E-state index contributed by atoms with van der Waals surface area (Å²) in [5.74, 6) is 0.0259. The quantitative estimate of drug-likeness (QED) is 0.641. The zero-order valence-corrected chi connectivity index (χ0v) is 7.76. The van der Waals surface area contributed by atoms with Gasteiger partial charge >= 0.3 is 6.18 Å². The first-order chi connectivity index (χ1) is 6.91. The van der Waals surface area contributed by atoms with E-state index in [1.807, 2.05) is 0 Å². The third kappa shape index (κ3) is 1.47. The van der Waals surface area contributed by atoms with E-state index in [1.54, 1.807) is 0 Å². The molecule has 4 nitrogen and oxygen atoms in total. The molecule has 2 heterocycles. The molecule has 0 atom stereocenters. The van der Waals surface area contributed by atoms with Crippen molar-refractivity contribution in [1.82, 2.24) is 9.71 Å². The molecule has 15 heavy (non-hydrogen) atoms. The number of halogens is 3. The molecule has 1 aliphatic heterocycles. The topological polar surface area (TPSA) is 44.1 Å². The van der Waals surface area contributed by atoms with Gasteiger partial charge in [0, 0.05) is 12.0 Å². The summed E-state index contributed by atoms with van der Waals surface area (Å²) < 4.78 is 38.5. The van der Waals surface area contributed by atoms with Crippen LogP contribution in [0.2, 0.25) is 0 Å². The van der Waals surface area contributed by atoms with Gasteiger partial charge in [0.2, 0.25) is 0 Å². The first kappa shape index (κ1) is 10.0. The molecule has 1 aromatic heterocycles. The molecular formula is C8H7F3N2O2. The summed E-state index contributed by atoms with van der Waals surface area (Å²) in [6.07, 6.45) is -4.39. The van der Waals surface area contributed by atoms with Crippen molar-refractivity contribution in [2.75, 3.05) is 6.61 Å². The molecule has 82 valence electrons. The maximum atomic E-state index is 12.6. The van der Waals surface area contributed by atoms with Gasteiger partial charge in [-0.25, -0.2) is 0 Å². The van der Waals surface area contributed by atoms with Crippen molar-refractivity contribution in [2.45, 2.75) is 19.5 Å².